The molecule has 0 atom stereocenters. The Morgan fingerprint density at radius 3 is 2.10 bits per heavy atom. The summed E-state index contributed by atoms with van der Waals surface area (Å²) in [7, 11) is 1.19. The molecular formula is C13H17N3O3S. The van der Waals surface area contributed by atoms with Gasteiger partial charge in [0, 0.05) is 26.7 Å². The third-order valence-corrected chi connectivity index (χ3v) is 5.03. The summed E-state index contributed by atoms with van der Waals surface area (Å²) in [5, 5.41) is 2.95. The van der Waals surface area contributed by atoms with Gasteiger partial charge < -0.3 is 0 Å². The number of hydrogen-bond acceptors (Lipinski definition) is 3. The van der Waals surface area contributed by atoms with Crippen LogP contribution in [0.2, 0.25) is 0 Å². The zero-order chi connectivity index (χ0) is 15.1. The molecule has 0 aliphatic carbocycles. The third kappa shape index (κ3) is 2.30. The molecule has 1 aromatic heterocycles. The van der Waals surface area contributed by atoms with Crippen molar-refractivity contribution >= 4 is 10.0 Å². The van der Waals surface area contributed by atoms with Crippen LogP contribution in [-0.2, 0) is 17.1 Å². The summed E-state index contributed by atoms with van der Waals surface area (Å²) >= 11 is 0. The Morgan fingerprint density at radius 2 is 1.70 bits per heavy atom. The van der Waals surface area contributed by atoms with Gasteiger partial charge in [0.1, 0.15) is 0 Å². The lowest BCUT2D eigenvalue weighted by atomic mass is 10.1. The first-order chi connectivity index (χ1) is 9.25. The van der Waals surface area contributed by atoms with E-state index in [1.807, 2.05) is 0 Å². The highest BCUT2D eigenvalue weighted by atomic mass is 32.2. The van der Waals surface area contributed by atoms with Crippen LogP contribution >= 0.6 is 0 Å². The van der Waals surface area contributed by atoms with E-state index >= 15 is 0 Å². The average Bonchev–Trinajstić information content (AvgIpc) is 2.66. The van der Waals surface area contributed by atoms with Crippen LogP contribution in [0.25, 0.3) is 11.3 Å². The SMILES string of the molecule is Cc1c(-c2ccc(S(=O)(=O)N(C)C)cc2)[nH]n(C)c1=O. The molecule has 0 saturated carbocycles. The van der Waals surface area contributed by atoms with Gasteiger partial charge in [-0.3, -0.25) is 14.6 Å². The summed E-state index contributed by atoms with van der Waals surface area (Å²) in [6.45, 7) is 1.73. The summed E-state index contributed by atoms with van der Waals surface area (Å²) in [6.07, 6.45) is 0. The molecule has 0 radical (unpaired) electrons. The number of aromatic nitrogens is 2. The Hall–Kier alpha value is -1.86. The minimum absolute atomic E-state index is 0.0926. The van der Waals surface area contributed by atoms with Gasteiger partial charge in [-0.2, -0.15) is 0 Å². The predicted molar refractivity (Wildman–Crippen MR) is 77.1 cm³/mol. The van der Waals surface area contributed by atoms with E-state index in [9.17, 15) is 13.2 Å². The molecule has 7 heteroatoms. The number of sulfonamides is 1. The van der Waals surface area contributed by atoms with E-state index in [0.29, 0.717) is 11.3 Å². The molecule has 6 nitrogen and oxygen atoms in total. The van der Waals surface area contributed by atoms with Crippen molar-refractivity contribution in [1.82, 2.24) is 14.1 Å². The molecule has 0 saturated heterocycles. The number of nitrogens with zero attached hydrogens (tertiary/aromatic N) is 2. The lowest BCUT2D eigenvalue weighted by molar-refractivity contribution is 0.521. The summed E-state index contributed by atoms with van der Waals surface area (Å²) in [5.74, 6) is 0. The Bertz CT molecular complexity index is 783. The Labute approximate surface area is 117 Å². The second kappa shape index (κ2) is 4.92. The van der Waals surface area contributed by atoms with Gasteiger partial charge in [0.2, 0.25) is 10.0 Å². The van der Waals surface area contributed by atoms with Crippen LogP contribution in [0, 0.1) is 6.92 Å². The zero-order valence-corrected chi connectivity index (χ0v) is 12.7. The molecule has 0 aliphatic heterocycles. The zero-order valence-electron chi connectivity index (χ0n) is 11.8. The number of aryl methyl sites for hydroxylation is 1. The molecule has 0 amide bonds. The fourth-order valence-corrected chi connectivity index (χ4v) is 2.85. The van der Waals surface area contributed by atoms with Gasteiger partial charge in [0.25, 0.3) is 5.56 Å². The maximum atomic E-state index is 12.0. The van der Waals surface area contributed by atoms with Gasteiger partial charge in [0.15, 0.2) is 0 Å². The highest BCUT2D eigenvalue weighted by molar-refractivity contribution is 7.89. The molecule has 0 bridgehead atoms. The van der Waals surface area contributed by atoms with Crippen LogP contribution in [0.3, 0.4) is 0 Å². The number of H-pyrrole nitrogens is 1. The van der Waals surface area contributed by atoms with Crippen LogP contribution in [0.15, 0.2) is 34.0 Å². The molecule has 0 unspecified atom stereocenters. The standard InChI is InChI=1S/C13H17N3O3S/c1-9-12(14-16(4)13(9)17)10-5-7-11(8-6-10)20(18,19)15(2)3/h5-8,14H,1-4H3. The van der Waals surface area contributed by atoms with E-state index in [1.54, 1.807) is 26.1 Å². The van der Waals surface area contributed by atoms with E-state index in [-0.39, 0.29) is 10.5 Å². The molecule has 2 aromatic rings. The summed E-state index contributed by atoms with van der Waals surface area (Å²) < 4.78 is 26.5. The normalized spacial score (nSPS) is 12.1. The van der Waals surface area contributed by atoms with Crippen molar-refractivity contribution in [2.45, 2.75) is 11.8 Å². The van der Waals surface area contributed by atoms with E-state index in [1.165, 1.54) is 30.9 Å². The summed E-state index contributed by atoms with van der Waals surface area (Å²) in [6, 6.07) is 6.45. The predicted octanol–water partition coefficient (Wildman–Crippen LogP) is 0.939. The van der Waals surface area contributed by atoms with Crippen molar-refractivity contribution in [3.8, 4) is 11.3 Å². The number of rotatable bonds is 3. The molecule has 0 spiro atoms. The lowest BCUT2D eigenvalue weighted by Gasteiger charge is -2.11. The molecule has 108 valence electrons. The summed E-state index contributed by atoms with van der Waals surface area (Å²) in [4.78, 5) is 11.9. The third-order valence-electron chi connectivity index (χ3n) is 3.20. The fourth-order valence-electron chi connectivity index (χ4n) is 1.95. The Morgan fingerprint density at radius 1 is 1.15 bits per heavy atom. The molecule has 0 fully saturated rings. The van der Waals surface area contributed by atoms with E-state index < -0.39 is 10.0 Å². The second-order valence-corrected chi connectivity index (χ2v) is 6.94. The smallest absolute Gasteiger partial charge is 0.269 e. The fraction of sp³-hybridized carbons (Fsp3) is 0.308. The van der Waals surface area contributed by atoms with Crippen molar-refractivity contribution in [1.29, 1.82) is 0 Å². The molecule has 0 aliphatic rings. The van der Waals surface area contributed by atoms with Gasteiger partial charge in [-0.25, -0.2) is 12.7 Å². The average molecular weight is 295 g/mol. The first-order valence-corrected chi connectivity index (χ1v) is 7.47. The van der Waals surface area contributed by atoms with Crippen molar-refractivity contribution in [3.63, 3.8) is 0 Å². The number of benzene rings is 1. The van der Waals surface area contributed by atoms with E-state index in [4.69, 9.17) is 0 Å². The topological polar surface area (TPSA) is 75.2 Å². The van der Waals surface area contributed by atoms with Gasteiger partial charge in [-0.05, 0) is 24.6 Å². The number of aromatic amines is 1. The van der Waals surface area contributed by atoms with Crippen LogP contribution in [0.1, 0.15) is 5.56 Å². The monoisotopic (exact) mass is 295 g/mol. The van der Waals surface area contributed by atoms with Crippen molar-refractivity contribution in [2.75, 3.05) is 14.1 Å². The minimum atomic E-state index is -3.43. The van der Waals surface area contributed by atoms with Crippen LogP contribution in [0.4, 0.5) is 0 Å². The Kier molecular flexibility index (Phi) is 3.58. The molecular weight excluding hydrogens is 278 g/mol. The van der Waals surface area contributed by atoms with Gasteiger partial charge in [-0.1, -0.05) is 12.1 Å². The summed E-state index contributed by atoms with van der Waals surface area (Å²) in [5.41, 5.74) is 1.99. The largest absolute Gasteiger partial charge is 0.295 e. The molecule has 1 N–H and O–H groups in total. The number of nitrogens with one attached hydrogen (secondary N) is 1. The van der Waals surface area contributed by atoms with Crippen LogP contribution in [-0.4, -0.2) is 36.6 Å². The first-order valence-electron chi connectivity index (χ1n) is 6.03. The maximum absolute atomic E-state index is 12.0. The van der Waals surface area contributed by atoms with Crippen LogP contribution < -0.4 is 5.56 Å². The van der Waals surface area contributed by atoms with Crippen LogP contribution in [0.5, 0.6) is 0 Å². The van der Waals surface area contributed by atoms with Gasteiger partial charge >= 0.3 is 0 Å². The van der Waals surface area contributed by atoms with Crippen molar-refractivity contribution in [3.05, 3.63) is 40.2 Å². The quantitative estimate of drug-likeness (QED) is 0.915. The Balaban J connectivity index is 2.48. The number of hydrogen-bond donors (Lipinski definition) is 1. The molecule has 20 heavy (non-hydrogen) atoms. The minimum Gasteiger partial charge on any atom is -0.295 e. The van der Waals surface area contributed by atoms with Crippen molar-refractivity contribution < 1.29 is 8.42 Å². The molecule has 1 aromatic carbocycles. The second-order valence-electron chi connectivity index (χ2n) is 4.79. The molecule has 1 heterocycles. The molecule has 2 rings (SSSR count). The lowest BCUT2D eigenvalue weighted by Crippen LogP contribution is -2.22. The van der Waals surface area contributed by atoms with E-state index in [0.717, 1.165) is 9.87 Å². The van der Waals surface area contributed by atoms with Gasteiger partial charge in [0.05, 0.1) is 10.6 Å². The first kappa shape index (κ1) is 14.5. The van der Waals surface area contributed by atoms with Gasteiger partial charge in [-0.15, -0.1) is 0 Å². The highest BCUT2D eigenvalue weighted by Crippen LogP contribution is 2.22. The van der Waals surface area contributed by atoms with Crippen molar-refractivity contribution in [2.24, 2.45) is 7.05 Å². The van der Waals surface area contributed by atoms with E-state index in [2.05, 4.69) is 5.10 Å². The maximum Gasteiger partial charge on any atom is 0.269 e. The highest BCUT2D eigenvalue weighted by Gasteiger charge is 2.17.